The lowest BCUT2D eigenvalue weighted by Gasteiger charge is -2.22. The summed E-state index contributed by atoms with van der Waals surface area (Å²) < 4.78 is 5.46. The third kappa shape index (κ3) is 55.8. The second kappa shape index (κ2) is 59.2. The third-order valence-corrected chi connectivity index (χ3v) is 14.8. The summed E-state index contributed by atoms with van der Waals surface area (Å²) in [5.41, 5.74) is 0. The van der Waals surface area contributed by atoms with Gasteiger partial charge < -0.3 is 20.3 Å². The molecule has 6 nitrogen and oxygen atoms in total. The molecule has 0 saturated heterocycles. The molecule has 0 saturated carbocycles. The minimum Gasteiger partial charge on any atom is -0.466 e. The molecule has 410 valence electrons. The number of unbranched alkanes of at least 4 members (excludes halogenated alkanes) is 46. The van der Waals surface area contributed by atoms with Crippen LogP contribution in [0.25, 0.3) is 0 Å². The van der Waals surface area contributed by atoms with Gasteiger partial charge in [-0.05, 0) is 57.8 Å². The molecule has 3 N–H and O–H groups in total. The van der Waals surface area contributed by atoms with Crippen LogP contribution in [0, 0.1) is 0 Å². The molecule has 2 unspecified atom stereocenters. The monoisotopic (exact) mass is 974 g/mol. The van der Waals surface area contributed by atoms with E-state index in [9.17, 15) is 19.8 Å². The van der Waals surface area contributed by atoms with Gasteiger partial charge in [-0.2, -0.15) is 0 Å². The first-order valence-electron chi connectivity index (χ1n) is 31.4. The first-order valence-corrected chi connectivity index (χ1v) is 31.4. The van der Waals surface area contributed by atoms with Gasteiger partial charge in [0, 0.05) is 12.8 Å². The average Bonchev–Trinajstić information content (AvgIpc) is 3.35. The molecule has 2 atom stereocenters. The Balaban J connectivity index is 3.46. The maximum absolute atomic E-state index is 12.5. The second-order valence-electron chi connectivity index (χ2n) is 21.7. The lowest BCUT2D eigenvalue weighted by molar-refractivity contribution is -0.143. The summed E-state index contributed by atoms with van der Waals surface area (Å²) in [6, 6.07) is -0.561. The van der Waals surface area contributed by atoms with E-state index in [4.69, 9.17) is 4.74 Å². The molecule has 0 aliphatic rings. The Kier molecular flexibility index (Phi) is 58.0. The molecular weight excluding hydrogens is 851 g/mol. The number of nitrogens with one attached hydrogen (secondary N) is 1. The molecule has 0 radical (unpaired) electrons. The number of carbonyl (C=O) groups is 2. The molecule has 0 aliphatic heterocycles. The fraction of sp³-hybridized carbons (Fsp3) is 0.937. The number of hydrogen-bond donors (Lipinski definition) is 3. The van der Waals surface area contributed by atoms with Crippen LogP contribution in [0.15, 0.2) is 12.2 Å². The standard InChI is InChI=1S/C63H123NO5/c1-3-5-7-9-11-13-15-17-19-20-21-22-23-24-25-26-27-28-30-31-35-39-43-47-51-55-61(66)60(59-65)64-62(67)56-52-48-44-40-36-33-34-38-42-46-50-54-58-69-63(68)57-53-49-45-41-37-32-29-18-16-14-12-10-8-6-4-2/h34,38,60-61,65-66H,3-33,35-37,39-59H2,1-2H3,(H,64,67)/b38-34-. The maximum atomic E-state index is 12.5. The summed E-state index contributed by atoms with van der Waals surface area (Å²) in [5, 5.41) is 23.4. The van der Waals surface area contributed by atoms with E-state index < -0.39 is 12.1 Å². The van der Waals surface area contributed by atoms with Gasteiger partial charge in [0.2, 0.25) is 5.91 Å². The van der Waals surface area contributed by atoms with Gasteiger partial charge in [0.15, 0.2) is 0 Å². The van der Waals surface area contributed by atoms with Crippen molar-refractivity contribution in [1.82, 2.24) is 5.32 Å². The topological polar surface area (TPSA) is 95.9 Å². The lowest BCUT2D eigenvalue weighted by atomic mass is 10.0. The summed E-state index contributed by atoms with van der Waals surface area (Å²) in [5.74, 6) is -0.0745. The number of allylic oxidation sites excluding steroid dienone is 2. The number of amides is 1. The zero-order chi connectivity index (χ0) is 50.0. The second-order valence-corrected chi connectivity index (χ2v) is 21.7. The molecule has 0 bridgehead atoms. The van der Waals surface area contributed by atoms with Crippen molar-refractivity contribution in [2.75, 3.05) is 13.2 Å². The normalized spacial score (nSPS) is 12.6. The Morgan fingerprint density at radius 3 is 1.03 bits per heavy atom. The van der Waals surface area contributed by atoms with E-state index in [0.717, 1.165) is 77.0 Å². The Morgan fingerprint density at radius 1 is 0.391 bits per heavy atom. The van der Waals surface area contributed by atoms with Gasteiger partial charge >= 0.3 is 5.97 Å². The van der Waals surface area contributed by atoms with Crippen molar-refractivity contribution < 1.29 is 24.5 Å². The minimum atomic E-state index is -0.681. The van der Waals surface area contributed by atoms with E-state index in [1.807, 2.05) is 0 Å². The molecule has 0 aromatic rings. The third-order valence-electron chi connectivity index (χ3n) is 14.8. The first kappa shape index (κ1) is 67.6. The highest BCUT2D eigenvalue weighted by molar-refractivity contribution is 5.76. The SMILES string of the molecule is CCCCCCCCCCCCCCCCCCCCCCCCCCCC(O)C(CO)NC(=O)CCCCCCC/C=C\CCCCCOC(=O)CCCCCCCCCCCCCCCCC. The minimum absolute atomic E-state index is 0.0184. The van der Waals surface area contributed by atoms with Gasteiger partial charge in [-0.1, -0.05) is 296 Å². The predicted molar refractivity (Wildman–Crippen MR) is 301 cm³/mol. The molecule has 0 aromatic carbocycles. The Bertz CT molecular complexity index is 1030. The fourth-order valence-corrected chi connectivity index (χ4v) is 9.99. The number of ether oxygens (including phenoxy) is 1. The Morgan fingerprint density at radius 2 is 0.681 bits per heavy atom. The van der Waals surface area contributed by atoms with Crippen molar-refractivity contribution in [2.45, 2.75) is 366 Å². The summed E-state index contributed by atoms with van der Waals surface area (Å²) in [6.45, 7) is 4.93. The summed E-state index contributed by atoms with van der Waals surface area (Å²) >= 11 is 0. The smallest absolute Gasteiger partial charge is 0.305 e. The molecular formula is C63H123NO5. The van der Waals surface area contributed by atoms with Crippen molar-refractivity contribution in [3.05, 3.63) is 12.2 Å². The highest BCUT2D eigenvalue weighted by Crippen LogP contribution is 2.18. The molecule has 0 heterocycles. The first-order chi connectivity index (χ1) is 34.0. The van der Waals surface area contributed by atoms with E-state index in [0.29, 0.717) is 25.9 Å². The average molecular weight is 975 g/mol. The highest BCUT2D eigenvalue weighted by atomic mass is 16.5. The molecule has 6 heteroatoms. The van der Waals surface area contributed by atoms with Crippen molar-refractivity contribution in [1.29, 1.82) is 0 Å². The summed E-state index contributed by atoms with van der Waals surface area (Å²) in [7, 11) is 0. The largest absolute Gasteiger partial charge is 0.466 e. The van der Waals surface area contributed by atoms with E-state index in [1.165, 1.54) is 244 Å². The number of aliphatic hydroxyl groups is 2. The molecule has 0 rings (SSSR count). The van der Waals surface area contributed by atoms with Gasteiger partial charge in [0.05, 0.1) is 25.4 Å². The van der Waals surface area contributed by atoms with Crippen LogP contribution in [0.4, 0.5) is 0 Å². The van der Waals surface area contributed by atoms with Gasteiger partial charge in [0.1, 0.15) is 0 Å². The summed E-state index contributed by atoms with van der Waals surface area (Å²) in [4.78, 5) is 24.6. The predicted octanol–water partition coefficient (Wildman–Crippen LogP) is 19.6. The molecule has 1 amide bonds. The molecule has 0 aliphatic carbocycles. The number of carbonyl (C=O) groups excluding carboxylic acids is 2. The number of hydrogen-bond acceptors (Lipinski definition) is 5. The van der Waals surface area contributed by atoms with Gasteiger partial charge in [-0.3, -0.25) is 9.59 Å². The molecule has 69 heavy (non-hydrogen) atoms. The van der Waals surface area contributed by atoms with Gasteiger partial charge in [-0.15, -0.1) is 0 Å². The van der Waals surface area contributed by atoms with E-state index in [2.05, 4.69) is 31.3 Å². The lowest BCUT2D eigenvalue weighted by Crippen LogP contribution is -2.45. The number of rotatable bonds is 59. The van der Waals surface area contributed by atoms with Crippen LogP contribution in [0.1, 0.15) is 354 Å². The van der Waals surface area contributed by atoms with Crippen LogP contribution in [-0.4, -0.2) is 47.4 Å². The van der Waals surface area contributed by atoms with Crippen molar-refractivity contribution in [3.8, 4) is 0 Å². The Hall–Kier alpha value is -1.40. The van der Waals surface area contributed by atoms with Crippen molar-refractivity contribution in [2.24, 2.45) is 0 Å². The number of aliphatic hydroxyl groups excluding tert-OH is 2. The van der Waals surface area contributed by atoms with E-state index >= 15 is 0 Å². The van der Waals surface area contributed by atoms with E-state index in [1.54, 1.807) is 0 Å². The zero-order valence-electron chi connectivity index (χ0n) is 46.8. The molecule has 0 fully saturated rings. The molecule has 0 aromatic heterocycles. The van der Waals surface area contributed by atoms with Crippen LogP contribution >= 0.6 is 0 Å². The zero-order valence-corrected chi connectivity index (χ0v) is 46.8. The summed E-state index contributed by atoms with van der Waals surface area (Å²) in [6.07, 6.45) is 70.8. The van der Waals surface area contributed by atoms with Crippen molar-refractivity contribution >= 4 is 11.9 Å². The quantitative estimate of drug-likeness (QED) is 0.0321. The van der Waals surface area contributed by atoms with Crippen LogP contribution < -0.4 is 5.32 Å². The maximum Gasteiger partial charge on any atom is 0.305 e. The number of esters is 1. The van der Waals surface area contributed by atoms with Crippen LogP contribution in [0.2, 0.25) is 0 Å². The van der Waals surface area contributed by atoms with Crippen LogP contribution in [-0.2, 0) is 14.3 Å². The van der Waals surface area contributed by atoms with Crippen LogP contribution in [0.5, 0.6) is 0 Å². The Labute approximate surface area is 431 Å². The van der Waals surface area contributed by atoms with Crippen LogP contribution in [0.3, 0.4) is 0 Å². The van der Waals surface area contributed by atoms with Crippen molar-refractivity contribution in [3.63, 3.8) is 0 Å². The van der Waals surface area contributed by atoms with Gasteiger partial charge in [0.25, 0.3) is 0 Å². The van der Waals surface area contributed by atoms with Gasteiger partial charge in [-0.25, -0.2) is 0 Å². The highest BCUT2D eigenvalue weighted by Gasteiger charge is 2.20. The molecule has 0 spiro atoms. The van der Waals surface area contributed by atoms with E-state index in [-0.39, 0.29) is 18.5 Å². The fourth-order valence-electron chi connectivity index (χ4n) is 9.99.